The average Bonchev–Trinajstić information content (AvgIpc) is 3.65. The summed E-state index contributed by atoms with van der Waals surface area (Å²) in [4.78, 5) is 6.96. The number of aromatic nitrogens is 5. The third-order valence-electron chi connectivity index (χ3n) is 7.14. The first-order valence-corrected chi connectivity index (χ1v) is 12.6. The van der Waals surface area contributed by atoms with E-state index >= 15 is 0 Å². The predicted octanol–water partition coefficient (Wildman–Crippen LogP) is 4.73. The Morgan fingerprint density at radius 3 is 2.60 bits per heavy atom. The van der Waals surface area contributed by atoms with Crippen LogP contribution in [0.2, 0.25) is 0 Å². The van der Waals surface area contributed by atoms with Crippen LogP contribution in [0.1, 0.15) is 54.7 Å². The second-order valence-electron chi connectivity index (χ2n) is 9.76. The highest BCUT2D eigenvalue weighted by atomic mass is 15.6. The van der Waals surface area contributed by atoms with Gasteiger partial charge in [-0.25, -0.2) is 4.68 Å². The molecule has 6 rings (SSSR count). The smallest absolute Gasteiger partial charge is 0.173 e. The Kier molecular flexibility index (Phi) is 6.00. The van der Waals surface area contributed by atoms with E-state index in [2.05, 4.69) is 92.2 Å². The van der Waals surface area contributed by atoms with Crippen molar-refractivity contribution in [3.63, 3.8) is 0 Å². The standard InChI is InChI=1S/C28H31N7/c1-20-9-11-23(12-10-20)34-17-5-8-22(19-34)30-27(28-31-32-33-35(28)24-13-14-24)25-15-16-29-18-26(25)21-6-3-2-4-7-21/h2-4,6-7,9-12,15-16,18,22,24,27,30H,5,8,13-14,17,19H2,1H3. The molecule has 1 N–H and O–H groups in total. The van der Waals surface area contributed by atoms with Crippen LogP contribution in [0.5, 0.6) is 0 Å². The topological polar surface area (TPSA) is 71.8 Å². The zero-order valence-corrected chi connectivity index (χ0v) is 20.1. The number of rotatable bonds is 7. The second kappa shape index (κ2) is 9.58. The van der Waals surface area contributed by atoms with Crippen molar-refractivity contribution >= 4 is 5.69 Å². The first-order chi connectivity index (χ1) is 17.3. The Hall–Kier alpha value is -3.58. The molecule has 4 aromatic rings. The zero-order chi connectivity index (χ0) is 23.6. The molecular formula is C28H31N7. The highest BCUT2D eigenvalue weighted by Crippen LogP contribution is 2.38. The quantitative estimate of drug-likeness (QED) is 0.426. The summed E-state index contributed by atoms with van der Waals surface area (Å²) in [6.07, 6.45) is 8.38. The van der Waals surface area contributed by atoms with E-state index in [0.29, 0.717) is 12.1 Å². The summed E-state index contributed by atoms with van der Waals surface area (Å²) in [5.41, 5.74) is 6.00. The van der Waals surface area contributed by atoms with Gasteiger partial charge in [0.05, 0.1) is 12.1 Å². The number of benzene rings is 2. The molecule has 2 aromatic carbocycles. The van der Waals surface area contributed by atoms with Crippen LogP contribution in [-0.4, -0.2) is 44.3 Å². The summed E-state index contributed by atoms with van der Waals surface area (Å²) >= 11 is 0. The Bertz CT molecular complexity index is 1260. The van der Waals surface area contributed by atoms with Gasteiger partial charge in [0.2, 0.25) is 0 Å². The van der Waals surface area contributed by atoms with E-state index in [0.717, 1.165) is 61.3 Å². The number of anilines is 1. The fourth-order valence-corrected chi connectivity index (χ4v) is 5.13. The molecule has 2 unspecified atom stereocenters. The molecule has 2 atom stereocenters. The molecule has 1 aliphatic carbocycles. The van der Waals surface area contributed by atoms with Crippen molar-refractivity contribution in [3.05, 3.63) is 90.0 Å². The van der Waals surface area contributed by atoms with Crippen LogP contribution in [-0.2, 0) is 0 Å². The van der Waals surface area contributed by atoms with Crippen LogP contribution in [0.3, 0.4) is 0 Å². The highest BCUT2D eigenvalue weighted by Gasteiger charge is 2.34. The molecule has 2 aromatic heterocycles. The molecular weight excluding hydrogens is 434 g/mol. The van der Waals surface area contributed by atoms with E-state index in [1.54, 1.807) is 0 Å². The van der Waals surface area contributed by atoms with E-state index in [9.17, 15) is 0 Å². The van der Waals surface area contributed by atoms with Gasteiger partial charge in [-0.05, 0) is 72.4 Å². The molecule has 1 saturated heterocycles. The van der Waals surface area contributed by atoms with Gasteiger partial charge in [0, 0.05) is 42.8 Å². The molecule has 2 aliphatic rings. The summed E-state index contributed by atoms with van der Waals surface area (Å²) in [7, 11) is 0. The van der Waals surface area contributed by atoms with Crippen molar-refractivity contribution in [2.75, 3.05) is 18.0 Å². The van der Waals surface area contributed by atoms with Gasteiger partial charge < -0.3 is 4.90 Å². The summed E-state index contributed by atoms with van der Waals surface area (Å²) in [5.74, 6) is 0.892. The van der Waals surface area contributed by atoms with Crippen molar-refractivity contribution in [2.24, 2.45) is 0 Å². The number of aryl methyl sites for hydroxylation is 1. The van der Waals surface area contributed by atoms with Crippen LogP contribution < -0.4 is 10.2 Å². The van der Waals surface area contributed by atoms with Crippen LogP contribution in [0.15, 0.2) is 73.1 Å². The number of hydrogen-bond donors (Lipinski definition) is 1. The summed E-state index contributed by atoms with van der Waals surface area (Å²) in [5, 5.41) is 17.0. The average molecular weight is 466 g/mol. The van der Waals surface area contributed by atoms with E-state index < -0.39 is 0 Å². The van der Waals surface area contributed by atoms with E-state index in [-0.39, 0.29) is 6.04 Å². The number of piperidine rings is 1. The van der Waals surface area contributed by atoms with Gasteiger partial charge in [-0.1, -0.05) is 48.0 Å². The Morgan fingerprint density at radius 1 is 0.971 bits per heavy atom. The van der Waals surface area contributed by atoms with E-state index in [1.165, 1.54) is 11.3 Å². The lowest BCUT2D eigenvalue weighted by atomic mass is 9.94. The van der Waals surface area contributed by atoms with Crippen molar-refractivity contribution in [1.82, 2.24) is 30.5 Å². The van der Waals surface area contributed by atoms with Gasteiger partial charge in [0.1, 0.15) is 0 Å². The van der Waals surface area contributed by atoms with Crippen molar-refractivity contribution in [3.8, 4) is 11.1 Å². The number of tetrazole rings is 1. The minimum Gasteiger partial charge on any atom is -0.370 e. The molecule has 3 heterocycles. The van der Waals surface area contributed by atoms with Gasteiger partial charge in [-0.2, -0.15) is 0 Å². The maximum atomic E-state index is 4.55. The number of nitrogens with one attached hydrogen (secondary N) is 1. The number of nitrogens with zero attached hydrogens (tertiary/aromatic N) is 6. The Morgan fingerprint density at radius 2 is 1.80 bits per heavy atom. The predicted molar refractivity (Wildman–Crippen MR) is 137 cm³/mol. The monoisotopic (exact) mass is 465 g/mol. The maximum Gasteiger partial charge on any atom is 0.173 e. The Balaban J connectivity index is 1.35. The molecule has 7 heteroatoms. The summed E-state index contributed by atoms with van der Waals surface area (Å²) < 4.78 is 2.04. The van der Waals surface area contributed by atoms with Gasteiger partial charge in [-0.3, -0.25) is 10.3 Å². The van der Waals surface area contributed by atoms with Gasteiger partial charge >= 0.3 is 0 Å². The zero-order valence-electron chi connectivity index (χ0n) is 20.1. The van der Waals surface area contributed by atoms with Crippen molar-refractivity contribution < 1.29 is 0 Å². The fourth-order valence-electron chi connectivity index (χ4n) is 5.13. The minimum absolute atomic E-state index is 0.119. The second-order valence-corrected chi connectivity index (χ2v) is 9.76. The lowest BCUT2D eigenvalue weighted by molar-refractivity contribution is 0.383. The van der Waals surface area contributed by atoms with Crippen molar-refractivity contribution in [1.29, 1.82) is 0 Å². The van der Waals surface area contributed by atoms with Gasteiger partial charge in [0.25, 0.3) is 0 Å². The maximum absolute atomic E-state index is 4.55. The van der Waals surface area contributed by atoms with Crippen LogP contribution in [0, 0.1) is 6.92 Å². The van der Waals surface area contributed by atoms with E-state index in [1.807, 2.05) is 23.1 Å². The molecule has 0 spiro atoms. The summed E-state index contributed by atoms with van der Waals surface area (Å²) in [6, 6.07) is 22.1. The molecule has 1 aliphatic heterocycles. The van der Waals surface area contributed by atoms with Gasteiger partial charge in [-0.15, -0.1) is 5.10 Å². The molecule has 178 valence electrons. The lowest BCUT2D eigenvalue weighted by Gasteiger charge is -2.37. The third kappa shape index (κ3) is 4.68. The third-order valence-corrected chi connectivity index (χ3v) is 7.14. The first-order valence-electron chi connectivity index (χ1n) is 12.6. The van der Waals surface area contributed by atoms with Crippen LogP contribution >= 0.6 is 0 Å². The van der Waals surface area contributed by atoms with Crippen LogP contribution in [0.25, 0.3) is 11.1 Å². The normalized spacial score (nSPS) is 19.0. The molecule has 7 nitrogen and oxygen atoms in total. The Labute approximate surface area is 206 Å². The fraction of sp³-hybridized carbons (Fsp3) is 0.357. The van der Waals surface area contributed by atoms with Gasteiger partial charge in [0.15, 0.2) is 5.82 Å². The molecule has 1 saturated carbocycles. The molecule has 2 fully saturated rings. The molecule has 0 radical (unpaired) electrons. The molecule has 35 heavy (non-hydrogen) atoms. The minimum atomic E-state index is -0.119. The van der Waals surface area contributed by atoms with E-state index in [4.69, 9.17) is 0 Å². The number of pyridine rings is 1. The van der Waals surface area contributed by atoms with Crippen molar-refractivity contribution in [2.45, 2.75) is 50.7 Å². The van der Waals surface area contributed by atoms with Crippen LogP contribution in [0.4, 0.5) is 5.69 Å². The lowest BCUT2D eigenvalue weighted by Crippen LogP contribution is -2.47. The largest absolute Gasteiger partial charge is 0.370 e. The number of hydrogen-bond acceptors (Lipinski definition) is 6. The SMILES string of the molecule is Cc1ccc(N2CCCC(NC(c3ccncc3-c3ccccc3)c3nnnn3C3CC3)C2)cc1. The molecule has 0 bridgehead atoms. The highest BCUT2D eigenvalue weighted by molar-refractivity contribution is 5.67. The first kappa shape index (κ1) is 21.9. The summed E-state index contributed by atoms with van der Waals surface area (Å²) in [6.45, 7) is 4.17. The molecule has 0 amide bonds.